The summed E-state index contributed by atoms with van der Waals surface area (Å²) in [6.07, 6.45) is 8.36. The molecule has 0 radical (unpaired) electrons. The van der Waals surface area contributed by atoms with E-state index in [4.69, 9.17) is 0 Å². The Morgan fingerprint density at radius 2 is 2.12 bits per heavy atom. The van der Waals surface area contributed by atoms with Crippen LogP contribution in [-0.4, -0.2) is 12.0 Å². The van der Waals surface area contributed by atoms with E-state index in [9.17, 15) is 0 Å². The monoisotopic (exact) mass is 220 g/mol. The summed E-state index contributed by atoms with van der Waals surface area (Å²) in [5.41, 5.74) is 2.47. The predicted molar refractivity (Wildman–Crippen MR) is 69.5 cm³/mol. The highest BCUT2D eigenvalue weighted by atomic mass is 14.9. The van der Waals surface area contributed by atoms with Gasteiger partial charge in [0.1, 0.15) is 0 Å². The Hall–Kier alpha value is -0.890. The van der Waals surface area contributed by atoms with E-state index >= 15 is 0 Å². The number of nitrogens with one attached hydrogen (secondary N) is 1. The zero-order chi connectivity index (χ0) is 11.8. The molecule has 0 spiro atoms. The molecule has 0 aliphatic rings. The second-order valence-electron chi connectivity index (χ2n) is 4.45. The summed E-state index contributed by atoms with van der Waals surface area (Å²) in [6.45, 7) is 4.37. The van der Waals surface area contributed by atoms with E-state index in [-0.39, 0.29) is 0 Å². The van der Waals surface area contributed by atoms with Crippen LogP contribution in [0.2, 0.25) is 0 Å². The van der Waals surface area contributed by atoms with Crippen molar-refractivity contribution >= 4 is 0 Å². The molecule has 1 atom stereocenters. The van der Waals surface area contributed by atoms with E-state index in [0.29, 0.717) is 6.04 Å². The van der Waals surface area contributed by atoms with Crippen molar-refractivity contribution in [2.75, 3.05) is 7.05 Å². The molecule has 1 rings (SSSR count). The Morgan fingerprint density at radius 1 is 1.31 bits per heavy atom. The average molecular weight is 220 g/mol. The largest absolute Gasteiger partial charge is 0.312 e. The minimum absolute atomic E-state index is 0.414. The number of unbranched alkanes of at least 4 members (excludes halogenated alkanes) is 3. The van der Waals surface area contributed by atoms with Gasteiger partial charge in [0.05, 0.1) is 5.69 Å². The normalized spacial score (nSPS) is 12.7. The van der Waals surface area contributed by atoms with Gasteiger partial charge in [0.15, 0.2) is 0 Å². The van der Waals surface area contributed by atoms with Crippen molar-refractivity contribution in [3.63, 3.8) is 0 Å². The van der Waals surface area contributed by atoms with Crippen molar-refractivity contribution in [3.05, 3.63) is 29.6 Å². The van der Waals surface area contributed by atoms with Crippen LogP contribution in [0, 0.1) is 6.92 Å². The molecule has 16 heavy (non-hydrogen) atoms. The smallest absolute Gasteiger partial charge is 0.0575 e. The third kappa shape index (κ3) is 4.31. The van der Waals surface area contributed by atoms with Crippen LogP contribution in [0.1, 0.15) is 56.3 Å². The number of pyridine rings is 1. The first-order chi connectivity index (χ1) is 7.77. The van der Waals surface area contributed by atoms with Crippen LogP contribution < -0.4 is 5.32 Å². The predicted octanol–water partition coefficient (Wildman–Crippen LogP) is 3.62. The van der Waals surface area contributed by atoms with Gasteiger partial charge in [0.2, 0.25) is 0 Å². The molecule has 0 amide bonds. The summed E-state index contributed by atoms with van der Waals surface area (Å²) in [7, 11) is 2.02. The van der Waals surface area contributed by atoms with Gasteiger partial charge >= 0.3 is 0 Å². The molecule has 1 N–H and O–H groups in total. The molecule has 0 saturated carbocycles. The van der Waals surface area contributed by atoms with E-state index in [0.717, 1.165) is 0 Å². The molecule has 2 heteroatoms. The quantitative estimate of drug-likeness (QED) is 0.710. The van der Waals surface area contributed by atoms with E-state index in [1.165, 1.54) is 43.4 Å². The average Bonchev–Trinajstić information content (AvgIpc) is 2.29. The highest BCUT2D eigenvalue weighted by Gasteiger charge is 2.09. The molecular formula is C14H24N2. The second-order valence-corrected chi connectivity index (χ2v) is 4.45. The summed E-state index contributed by atoms with van der Waals surface area (Å²) < 4.78 is 0. The van der Waals surface area contributed by atoms with Gasteiger partial charge in [0, 0.05) is 12.2 Å². The fourth-order valence-electron chi connectivity index (χ4n) is 1.97. The van der Waals surface area contributed by atoms with Gasteiger partial charge in [-0.1, -0.05) is 32.6 Å². The number of hydrogen-bond donors (Lipinski definition) is 1. The van der Waals surface area contributed by atoms with Crippen LogP contribution in [0.4, 0.5) is 0 Å². The molecule has 0 fully saturated rings. The van der Waals surface area contributed by atoms with E-state index in [1.54, 1.807) is 0 Å². The molecule has 1 aromatic heterocycles. The minimum Gasteiger partial charge on any atom is -0.312 e. The second kappa shape index (κ2) is 7.39. The third-order valence-electron chi connectivity index (χ3n) is 2.99. The minimum atomic E-state index is 0.414. The Labute approximate surface area is 99.5 Å². The first-order valence-electron chi connectivity index (χ1n) is 6.37. The van der Waals surface area contributed by atoms with Crippen LogP contribution in [0.25, 0.3) is 0 Å². The molecule has 1 heterocycles. The van der Waals surface area contributed by atoms with Gasteiger partial charge in [-0.3, -0.25) is 4.98 Å². The molecule has 90 valence electrons. The number of hydrogen-bond acceptors (Lipinski definition) is 2. The van der Waals surface area contributed by atoms with Crippen LogP contribution in [0.3, 0.4) is 0 Å². The summed E-state index contributed by atoms with van der Waals surface area (Å²) in [5, 5.41) is 3.36. The van der Waals surface area contributed by atoms with Crippen molar-refractivity contribution in [1.29, 1.82) is 0 Å². The number of rotatable bonds is 7. The Morgan fingerprint density at radius 3 is 2.75 bits per heavy atom. The van der Waals surface area contributed by atoms with Gasteiger partial charge in [-0.25, -0.2) is 0 Å². The van der Waals surface area contributed by atoms with Crippen molar-refractivity contribution in [1.82, 2.24) is 10.3 Å². The first kappa shape index (κ1) is 13.2. The Kier molecular flexibility index (Phi) is 6.09. The number of nitrogens with zero attached hydrogens (tertiary/aromatic N) is 1. The van der Waals surface area contributed by atoms with Gasteiger partial charge in [-0.05, 0) is 38.1 Å². The molecular weight excluding hydrogens is 196 g/mol. The van der Waals surface area contributed by atoms with Crippen LogP contribution in [-0.2, 0) is 0 Å². The first-order valence-corrected chi connectivity index (χ1v) is 6.37. The molecule has 2 nitrogen and oxygen atoms in total. The number of aromatic nitrogens is 1. The summed E-state index contributed by atoms with van der Waals surface area (Å²) >= 11 is 0. The SMILES string of the molecule is CCCCCCC(NC)c1cc(C)ccn1. The Balaban J connectivity index is 2.47. The van der Waals surface area contributed by atoms with Gasteiger partial charge in [-0.2, -0.15) is 0 Å². The Bertz CT molecular complexity index is 297. The van der Waals surface area contributed by atoms with E-state index in [1.807, 2.05) is 19.3 Å². The summed E-state index contributed by atoms with van der Waals surface area (Å²) in [6, 6.07) is 4.64. The maximum atomic E-state index is 4.45. The van der Waals surface area contributed by atoms with E-state index in [2.05, 4.69) is 30.2 Å². The van der Waals surface area contributed by atoms with Crippen molar-refractivity contribution in [2.45, 2.75) is 52.0 Å². The fourth-order valence-corrected chi connectivity index (χ4v) is 1.97. The molecule has 0 aromatic carbocycles. The van der Waals surface area contributed by atoms with Crippen LogP contribution >= 0.6 is 0 Å². The standard InChI is InChI=1S/C14H24N2/c1-4-5-6-7-8-13(15-3)14-11-12(2)9-10-16-14/h9-11,13,15H,4-8H2,1-3H3. The summed E-state index contributed by atoms with van der Waals surface area (Å²) in [5.74, 6) is 0. The maximum Gasteiger partial charge on any atom is 0.0575 e. The summed E-state index contributed by atoms with van der Waals surface area (Å²) in [4.78, 5) is 4.45. The lowest BCUT2D eigenvalue weighted by Gasteiger charge is -2.15. The molecule has 0 bridgehead atoms. The van der Waals surface area contributed by atoms with Crippen LogP contribution in [0.15, 0.2) is 18.3 Å². The van der Waals surface area contributed by atoms with Crippen molar-refractivity contribution < 1.29 is 0 Å². The molecule has 1 aromatic rings. The van der Waals surface area contributed by atoms with Crippen molar-refractivity contribution in [3.8, 4) is 0 Å². The molecule has 0 saturated heterocycles. The lowest BCUT2D eigenvalue weighted by Crippen LogP contribution is -2.17. The lowest BCUT2D eigenvalue weighted by molar-refractivity contribution is 0.495. The third-order valence-corrected chi connectivity index (χ3v) is 2.99. The van der Waals surface area contributed by atoms with E-state index < -0.39 is 0 Å². The van der Waals surface area contributed by atoms with Gasteiger partial charge < -0.3 is 5.32 Å². The fraction of sp³-hybridized carbons (Fsp3) is 0.643. The molecule has 0 aliphatic carbocycles. The zero-order valence-corrected chi connectivity index (χ0v) is 10.8. The molecule has 1 unspecified atom stereocenters. The van der Waals surface area contributed by atoms with Crippen LogP contribution in [0.5, 0.6) is 0 Å². The maximum absolute atomic E-state index is 4.45. The van der Waals surface area contributed by atoms with Gasteiger partial charge in [0.25, 0.3) is 0 Å². The highest BCUT2D eigenvalue weighted by Crippen LogP contribution is 2.18. The number of aryl methyl sites for hydroxylation is 1. The van der Waals surface area contributed by atoms with Gasteiger partial charge in [-0.15, -0.1) is 0 Å². The lowest BCUT2D eigenvalue weighted by atomic mass is 10.0. The molecule has 0 aliphatic heterocycles. The zero-order valence-electron chi connectivity index (χ0n) is 10.8. The van der Waals surface area contributed by atoms with Crippen molar-refractivity contribution in [2.24, 2.45) is 0 Å². The highest BCUT2D eigenvalue weighted by molar-refractivity contribution is 5.17. The topological polar surface area (TPSA) is 24.9 Å².